The monoisotopic (exact) mass is 204 g/mol. The van der Waals surface area contributed by atoms with E-state index in [1.165, 1.54) is 5.54 Å². The summed E-state index contributed by atoms with van der Waals surface area (Å²) in [5.41, 5.74) is 8.20. The second kappa shape index (κ2) is 6.43. The van der Waals surface area contributed by atoms with Crippen molar-refractivity contribution in [2.45, 2.75) is 0 Å². The molecule has 2 aromatic rings. The predicted molar refractivity (Wildman–Crippen MR) is 62.0 cm³/mol. The van der Waals surface area contributed by atoms with Crippen molar-refractivity contribution in [3.8, 4) is 0 Å². The van der Waals surface area contributed by atoms with Gasteiger partial charge in [-0.1, -0.05) is 36.4 Å². The van der Waals surface area contributed by atoms with Gasteiger partial charge in [0, 0.05) is 5.69 Å². The number of benzene rings is 2. The molecule has 0 unspecified atom stereocenters. The van der Waals surface area contributed by atoms with Gasteiger partial charge in [-0.05, 0) is 24.3 Å². The van der Waals surface area contributed by atoms with Crippen LogP contribution < -0.4 is 11.3 Å². The van der Waals surface area contributed by atoms with Crippen LogP contribution >= 0.6 is 0 Å². The Morgan fingerprint density at radius 1 is 0.800 bits per heavy atom. The minimum Gasteiger partial charge on any atom is -0.399 e. The molecule has 0 saturated heterocycles. The van der Waals surface area contributed by atoms with Crippen molar-refractivity contribution in [3.05, 3.63) is 60.7 Å². The highest BCUT2D eigenvalue weighted by Crippen LogP contribution is 2.03. The highest BCUT2D eigenvalue weighted by atomic mass is 19.2. The molecule has 0 heterocycles. The Morgan fingerprint density at radius 2 is 1.27 bits per heavy atom. The lowest BCUT2D eigenvalue weighted by atomic mass is 10.3. The quantitative estimate of drug-likeness (QED) is 0.552. The van der Waals surface area contributed by atoms with E-state index in [4.69, 9.17) is 5.73 Å². The van der Waals surface area contributed by atoms with Gasteiger partial charge in [-0.2, -0.15) is 0 Å². The molecule has 2 aromatic carbocycles. The second-order valence-electron chi connectivity index (χ2n) is 2.87. The molecule has 0 saturated carbocycles. The van der Waals surface area contributed by atoms with Crippen molar-refractivity contribution in [2.75, 3.05) is 11.3 Å². The van der Waals surface area contributed by atoms with E-state index in [2.05, 4.69) is 0 Å². The fraction of sp³-hybridized carbons (Fsp3) is 0. The molecule has 0 atom stereocenters. The summed E-state index contributed by atoms with van der Waals surface area (Å²) in [5.74, 6) is 0. The molecule has 0 spiro atoms. The summed E-state index contributed by atoms with van der Waals surface area (Å²) in [5, 5.41) is 0. The third-order valence-corrected chi connectivity index (χ3v) is 1.68. The first-order valence-corrected chi connectivity index (χ1v) is 4.55. The van der Waals surface area contributed by atoms with Gasteiger partial charge in [-0.3, -0.25) is 0 Å². The third-order valence-electron chi connectivity index (χ3n) is 1.68. The lowest BCUT2D eigenvalue weighted by Crippen LogP contribution is -1.79. The average Bonchev–Trinajstić information content (AvgIpc) is 2.32. The number of rotatable bonds is 1. The number of nitrogens with two attached hydrogens (primary N) is 1. The largest absolute Gasteiger partial charge is 0.399 e. The van der Waals surface area contributed by atoms with E-state index in [1.54, 1.807) is 24.3 Å². The summed E-state index contributed by atoms with van der Waals surface area (Å²) in [7, 11) is 0. The number of halogens is 1. The van der Waals surface area contributed by atoms with E-state index in [9.17, 15) is 4.48 Å². The molecule has 0 aromatic heterocycles. The lowest BCUT2D eigenvalue weighted by Gasteiger charge is -1.89. The zero-order chi connectivity index (χ0) is 10.9. The second-order valence-corrected chi connectivity index (χ2v) is 2.87. The molecule has 15 heavy (non-hydrogen) atoms. The maximum absolute atomic E-state index is 11.5. The van der Waals surface area contributed by atoms with E-state index < -0.39 is 0 Å². The van der Waals surface area contributed by atoms with E-state index >= 15 is 0 Å². The SMILES string of the molecule is FNc1ccccc1.Nc1ccccc1. The van der Waals surface area contributed by atoms with Crippen LogP contribution in [0.2, 0.25) is 0 Å². The van der Waals surface area contributed by atoms with E-state index in [-0.39, 0.29) is 0 Å². The van der Waals surface area contributed by atoms with Gasteiger partial charge >= 0.3 is 0 Å². The van der Waals surface area contributed by atoms with Crippen LogP contribution in [-0.4, -0.2) is 0 Å². The Hall–Kier alpha value is -2.03. The molecule has 0 bridgehead atoms. The third kappa shape index (κ3) is 4.67. The van der Waals surface area contributed by atoms with Crippen LogP contribution in [0.4, 0.5) is 15.9 Å². The minimum atomic E-state index is 0.493. The molecule has 0 aliphatic rings. The van der Waals surface area contributed by atoms with Gasteiger partial charge in [0.25, 0.3) is 0 Å². The molecule has 0 fully saturated rings. The van der Waals surface area contributed by atoms with Crippen LogP contribution in [0, 0.1) is 0 Å². The summed E-state index contributed by atoms with van der Waals surface area (Å²) in [6.07, 6.45) is 0. The van der Waals surface area contributed by atoms with E-state index in [1.807, 2.05) is 36.4 Å². The smallest absolute Gasteiger partial charge is 0.0655 e. The normalized spacial score (nSPS) is 8.60. The van der Waals surface area contributed by atoms with Gasteiger partial charge in [0.2, 0.25) is 0 Å². The van der Waals surface area contributed by atoms with Crippen molar-refractivity contribution in [3.63, 3.8) is 0 Å². The van der Waals surface area contributed by atoms with Crippen molar-refractivity contribution >= 4 is 11.4 Å². The van der Waals surface area contributed by atoms with Gasteiger partial charge in [0.1, 0.15) is 0 Å². The van der Waals surface area contributed by atoms with Gasteiger partial charge in [-0.25, -0.2) is 5.54 Å². The first-order chi connectivity index (χ1) is 7.33. The molecule has 2 nitrogen and oxygen atoms in total. The summed E-state index contributed by atoms with van der Waals surface area (Å²) in [6, 6.07) is 18.2. The maximum Gasteiger partial charge on any atom is 0.0655 e. The molecule has 78 valence electrons. The van der Waals surface area contributed by atoms with Crippen LogP contribution in [0.3, 0.4) is 0 Å². The number of anilines is 2. The molecule has 3 heteroatoms. The van der Waals surface area contributed by atoms with Crippen molar-refractivity contribution in [1.29, 1.82) is 0 Å². The number of nitrogens with one attached hydrogen (secondary N) is 1. The van der Waals surface area contributed by atoms with E-state index in [0.29, 0.717) is 5.69 Å². The molecule has 0 radical (unpaired) electrons. The highest BCUT2D eigenvalue weighted by molar-refractivity contribution is 5.39. The van der Waals surface area contributed by atoms with E-state index in [0.717, 1.165) is 5.69 Å². The minimum absolute atomic E-state index is 0.493. The summed E-state index contributed by atoms with van der Waals surface area (Å²) in [6.45, 7) is 0. The first-order valence-electron chi connectivity index (χ1n) is 4.55. The molecule has 3 N–H and O–H groups in total. The predicted octanol–water partition coefficient (Wildman–Crippen LogP) is 3.25. The van der Waals surface area contributed by atoms with Crippen LogP contribution in [0.1, 0.15) is 0 Å². The number of para-hydroxylation sites is 2. The Labute approximate surface area is 88.5 Å². The van der Waals surface area contributed by atoms with Crippen LogP contribution in [0.5, 0.6) is 0 Å². The zero-order valence-electron chi connectivity index (χ0n) is 8.23. The van der Waals surface area contributed by atoms with Gasteiger partial charge in [-0.15, -0.1) is 4.48 Å². The number of hydrogen-bond acceptors (Lipinski definition) is 2. The molecule has 0 aliphatic carbocycles. The van der Waals surface area contributed by atoms with Crippen molar-refractivity contribution in [2.24, 2.45) is 0 Å². The van der Waals surface area contributed by atoms with Crippen LogP contribution in [0.25, 0.3) is 0 Å². The topological polar surface area (TPSA) is 38.0 Å². The van der Waals surface area contributed by atoms with Crippen LogP contribution in [0.15, 0.2) is 60.7 Å². The lowest BCUT2D eigenvalue weighted by molar-refractivity contribution is 0.618. The summed E-state index contributed by atoms with van der Waals surface area (Å²) in [4.78, 5) is 0. The fourth-order valence-corrected chi connectivity index (χ4v) is 0.954. The Balaban J connectivity index is 0.000000151. The highest BCUT2D eigenvalue weighted by Gasteiger charge is 1.80. The van der Waals surface area contributed by atoms with Gasteiger partial charge in [0.15, 0.2) is 0 Å². The molecule has 0 aliphatic heterocycles. The molecular weight excluding hydrogens is 191 g/mol. The van der Waals surface area contributed by atoms with Crippen LogP contribution in [-0.2, 0) is 0 Å². The Bertz CT molecular complexity index is 362. The summed E-state index contributed by atoms with van der Waals surface area (Å²) >= 11 is 0. The van der Waals surface area contributed by atoms with Gasteiger partial charge in [0.05, 0.1) is 5.69 Å². The van der Waals surface area contributed by atoms with Crippen molar-refractivity contribution < 1.29 is 4.48 Å². The molecular formula is C12H13FN2. The molecule has 2 rings (SSSR count). The Kier molecular flexibility index (Phi) is 4.73. The van der Waals surface area contributed by atoms with Gasteiger partial charge < -0.3 is 5.73 Å². The standard InChI is InChI=1S/C6H6FN.C6H7N/c7-8-6-4-2-1-3-5-6;7-6-4-2-1-3-5-6/h1-5,8H;1-5H,7H2. The number of nitrogen functional groups attached to an aromatic ring is 1. The molecule has 0 amide bonds. The fourth-order valence-electron chi connectivity index (χ4n) is 0.954. The number of hydrogen-bond donors (Lipinski definition) is 2. The Morgan fingerprint density at radius 3 is 1.53 bits per heavy atom. The average molecular weight is 204 g/mol. The first kappa shape index (κ1) is 11.0. The zero-order valence-corrected chi connectivity index (χ0v) is 8.23. The maximum atomic E-state index is 11.5. The summed E-state index contributed by atoms with van der Waals surface area (Å²) < 4.78 is 11.5. The van der Waals surface area contributed by atoms with Crippen molar-refractivity contribution in [1.82, 2.24) is 0 Å².